The molecule has 74 valence electrons. The highest BCUT2D eigenvalue weighted by atomic mass is 16.5. The summed E-state index contributed by atoms with van der Waals surface area (Å²) in [7, 11) is 0. The van der Waals surface area contributed by atoms with Crippen LogP contribution in [0.25, 0.3) is 0 Å². The molecule has 0 unspecified atom stereocenters. The molecular weight excluding hydrogens is 170 g/mol. The van der Waals surface area contributed by atoms with Crippen molar-refractivity contribution in [2.75, 3.05) is 26.3 Å². The zero-order chi connectivity index (χ0) is 9.31. The highest BCUT2D eigenvalue weighted by molar-refractivity contribution is 5.65. The fraction of sp³-hybridized carbons (Fsp3) is 0.889. The summed E-state index contributed by atoms with van der Waals surface area (Å²) in [6.45, 7) is 3.02. The van der Waals surface area contributed by atoms with Crippen molar-refractivity contribution in [3.05, 3.63) is 0 Å². The summed E-state index contributed by atoms with van der Waals surface area (Å²) in [6.07, 6.45) is 2.29. The second kappa shape index (κ2) is 3.18. The van der Waals surface area contributed by atoms with E-state index < -0.39 is 6.09 Å². The van der Waals surface area contributed by atoms with Crippen molar-refractivity contribution in [3.63, 3.8) is 0 Å². The van der Waals surface area contributed by atoms with E-state index in [4.69, 9.17) is 9.84 Å². The number of amides is 1. The number of carbonyl (C=O) groups is 1. The van der Waals surface area contributed by atoms with Crippen LogP contribution in [-0.2, 0) is 4.74 Å². The van der Waals surface area contributed by atoms with Crippen molar-refractivity contribution < 1.29 is 14.6 Å². The van der Waals surface area contributed by atoms with Gasteiger partial charge in [-0.3, -0.25) is 0 Å². The summed E-state index contributed by atoms with van der Waals surface area (Å²) in [5.41, 5.74) is 0.247. The highest BCUT2D eigenvalue weighted by Gasteiger charge is 2.40. The first-order chi connectivity index (χ1) is 6.22. The largest absolute Gasteiger partial charge is 0.465 e. The lowest BCUT2D eigenvalue weighted by atomic mass is 9.80. The van der Waals surface area contributed by atoms with E-state index in [-0.39, 0.29) is 5.41 Å². The van der Waals surface area contributed by atoms with Crippen molar-refractivity contribution in [3.8, 4) is 0 Å². The van der Waals surface area contributed by atoms with Crippen molar-refractivity contribution in [1.29, 1.82) is 0 Å². The topological polar surface area (TPSA) is 49.8 Å². The summed E-state index contributed by atoms with van der Waals surface area (Å²) >= 11 is 0. The smallest absolute Gasteiger partial charge is 0.407 e. The van der Waals surface area contributed by atoms with Crippen molar-refractivity contribution >= 4 is 6.09 Å². The molecule has 0 saturated carbocycles. The molecule has 2 aliphatic rings. The number of nitrogens with zero attached hydrogens (tertiary/aromatic N) is 1. The van der Waals surface area contributed by atoms with Crippen LogP contribution in [0.15, 0.2) is 0 Å². The second-order valence-corrected chi connectivity index (χ2v) is 4.07. The Morgan fingerprint density at radius 2 is 2.00 bits per heavy atom. The zero-order valence-electron chi connectivity index (χ0n) is 7.66. The molecule has 2 fully saturated rings. The van der Waals surface area contributed by atoms with E-state index in [0.717, 1.165) is 32.5 Å². The van der Waals surface area contributed by atoms with E-state index in [0.29, 0.717) is 13.1 Å². The molecule has 0 aliphatic carbocycles. The van der Waals surface area contributed by atoms with Gasteiger partial charge < -0.3 is 14.7 Å². The third-order valence-electron chi connectivity index (χ3n) is 3.26. The van der Waals surface area contributed by atoms with Gasteiger partial charge in [0.2, 0.25) is 0 Å². The molecule has 2 heterocycles. The van der Waals surface area contributed by atoms with E-state index in [1.54, 1.807) is 0 Å². The average Bonchev–Trinajstić information content (AvgIpc) is 2.51. The quantitative estimate of drug-likeness (QED) is 0.616. The first-order valence-electron chi connectivity index (χ1n) is 4.78. The lowest BCUT2D eigenvalue weighted by molar-refractivity contribution is 0.0197. The Kier molecular flexibility index (Phi) is 2.15. The predicted octanol–water partition coefficient (Wildman–Crippen LogP) is 1.17. The van der Waals surface area contributed by atoms with E-state index in [2.05, 4.69) is 0 Å². The number of carboxylic acid groups (broad SMARTS) is 1. The Labute approximate surface area is 77.5 Å². The predicted molar refractivity (Wildman–Crippen MR) is 46.7 cm³/mol. The lowest BCUT2D eigenvalue weighted by Crippen LogP contribution is -2.34. The van der Waals surface area contributed by atoms with Gasteiger partial charge >= 0.3 is 6.09 Å². The second-order valence-electron chi connectivity index (χ2n) is 4.07. The van der Waals surface area contributed by atoms with Gasteiger partial charge in [0, 0.05) is 26.3 Å². The van der Waals surface area contributed by atoms with Gasteiger partial charge in [-0.05, 0) is 24.7 Å². The van der Waals surface area contributed by atoms with Gasteiger partial charge in [0.15, 0.2) is 0 Å². The minimum atomic E-state index is -0.775. The Bertz CT molecular complexity index is 211. The van der Waals surface area contributed by atoms with E-state index in [1.807, 2.05) is 0 Å². The van der Waals surface area contributed by atoms with Gasteiger partial charge in [-0.1, -0.05) is 0 Å². The number of rotatable bonds is 0. The molecule has 1 spiro atoms. The SMILES string of the molecule is O=C(O)N1CCC2(CCOCC2)C1. The number of likely N-dealkylation sites (tertiary alicyclic amines) is 1. The minimum absolute atomic E-state index is 0.247. The summed E-state index contributed by atoms with van der Waals surface area (Å²) in [5.74, 6) is 0. The molecule has 4 nitrogen and oxygen atoms in total. The number of ether oxygens (including phenoxy) is 1. The fourth-order valence-electron chi connectivity index (χ4n) is 2.31. The molecule has 1 amide bonds. The van der Waals surface area contributed by atoms with Gasteiger partial charge in [0.25, 0.3) is 0 Å². The average molecular weight is 185 g/mol. The summed E-state index contributed by atoms with van der Waals surface area (Å²) in [4.78, 5) is 12.3. The van der Waals surface area contributed by atoms with Crippen molar-refractivity contribution in [2.45, 2.75) is 19.3 Å². The molecule has 0 aromatic carbocycles. The maximum Gasteiger partial charge on any atom is 0.407 e. The molecule has 2 rings (SSSR count). The minimum Gasteiger partial charge on any atom is -0.465 e. The monoisotopic (exact) mass is 185 g/mol. The van der Waals surface area contributed by atoms with Crippen LogP contribution in [0.2, 0.25) is 0 Å². The molecule has 0 radical (unpaired) electrons. The first kappa shape index (κ1) is 8.81. The van der Waals surface area contributed by atoms with Crippen LogP contribution in [0.3, 0.4) is 0 Å². The fourth-order valence-corrected chi connectivity index (χ4v) is 2.31. The van der Waals surface area contributed by atoms with Gasteiger partial charge in [0.1, 0.15) is 0 Å². The van der Waals surface area contributed by atoms with Crippen LogP contribution >= 0.6 is 0 Å². The first-order valence-corrected chi connectivity index (χ1v) is 4.78. The van der Waals surface area contributed by atoms with Gasteiger partial charge in [0.05, 0.1) is 0 Å². The molecule has 1 N–H and O–H groups in total. The standard InChI is InChI=1S/C9H15NO3/c11-8(12)10-4-1-9(7-10)2-5-13-6-3-9/h1-7H2,(H,11,12). The van der Waals surface area contributed by atoms with E-state index in [9.17, 15) is 4.79 Å². The summed E-state index contributed by atoms with van der Waals surface area (Å²) in [5, 5.41) is 8.82. The Balaban J connectivity index is 1.98. The molecular formula is C9H15NO3. The van der Waals surface area contributed by atoms with E-state index >= 15 is 0 Å². The lowest BCUT2D eigenvalue weighted by Gasteiger charge is -2.32. The molecule has 4 heteroatoms. The van der Waals surface area contributed by atoms with Crippen LogP contribution < -0.4 is 0 Å². The van der Waals surface area contributed by atoms with E-state index in [1.165, 1.54) is 4.90 Å². The Hall–Kier alpha value is -0.770. The number of hydrogen-bond acceptors (Lipinski definition) is 2. The van der Waals surface area contributed by atoms with Crippen LogP contribution in [-0.4, -0.2) is 42.4 Å². The summed E-state index contributed by atoms with van der Waals surface area (Å²) < 4.78 is 5.29. The zero-order valence-corrected chi connectivity index (χ0v) is 7.66. The maximum absolute atomic E-state index is 10.7. The summed E-state index contributed by atoms with van der Waals surface area (Å²) in [6, 6.07) is 0. The molecule has 2 aliphatic heterocycles. The third-order valence-corrected chi connectivity index (χ3v) is 3.26. The van der Waals surface area contributed by atoms with Crippen LogP contribution in [0.4, 0.5) is 4.79 Å². The third kappa shape index (κ3) is 1.63. The van der Waals surface area contributed by atoms with Crippen molar-refractivity contribution in [2.24, 2.45) is 5.41 Å². The van der Waals surface area contributed by atoms with Crippen LogP contribution in [0.5, 0.6) is 0 Å². The molecule has 0 atom stereocenters. The van der Waals surface area contributed by atoms with Crippen LogP contribution in [0, 0.1) is 5.41 Å². The molecule has 0 bridgehead atoms. The van der Waals surface area contributed by atoms with Gasteiger partial charge in [-0.25, -0.2) is 4.79 Å². The Morgan fingerprint density at radius 1 is 1.31 bits per heavy atom. The number of hydrogen-bond donors (Lipinski definition) is 1. The van der Waals surface area contributed by atoms with Crippen LogP contribution in [0.1, 0.15) is 19.3 Å². The highest BCUT2D eigenvalue weighted by Crippen LogP contribution is 2.39. The molecule has 2 saturated heterocycles. The maximum atomic E-state index is 10.7. The van der Waals surface area contributed by atoms with Crippen molar-refractivity contribution in [1.82, 2.24) is 4.90 Å². The molecule has 0 aromatic heterocycles. The molecule has 13 heavy (non-hydrogen) atoms. The van der Waals surface area contributed by atoms with Gasteiger partial charge in [-0.15, -0.1) is 0 Å². The van der Waals surface area contributed by atoms with Gasteiger partial charge in [-0.2, -0.15) is 0 Å². The molecule has 0 aromatic rings. The Morgan fingerprint density at radius 3 is 2.54 bits per heavy atom. The normalized spacial score (nSPS) is 26.6.